The summed E-state index contributed by atoms with van der Waals surface area (Å²) >= 11 is 8.55. The van der Waals surface area contributed by atoms with Crippen LogP contribution in [0.4, 0.5) is 5.00 Å². The zero-order chi connectivity index (χ0) is 29.9. The molecule has 0 radical (unpaired) electrons. The van der Waals surface area contributed by atoms with E-state index >= 15 is 0 Å². The molecule has 0 unspecified atom stereocenters. The maximum Gasteiger partial charge on any atom is 0.341 e. The second kappa shape index (κ2) is 12.4. The smallest absolute Gasteiger partial charge is 0.341 e. The third-order valence-corrected chi connectivity index (χ3v) is 8.95. The summed E-state index contributed by atoms with van der Waals surface area (Å²) < 4.78 is 6.89. The van der Waals surface area contributed by atoms with Gasteiger partial charge in [0.2, 0.25) is 5.91 Å². The lowest BCUT2D eigenvalue weighted by atomic mass is 10.0. The lowest BCUT2D eigenvalue weighted by molar-refractivity contribution is -0.113. The number of anilines is 1. The van der Waals surface area contributed by atoms with Crippen molar-refractivity contribution in [3.05, 3.63) is 101 Å². The number of para-hydroxylation sites is 1. The standard InChI is InChI=1S/C32H24ClN5O3S2/c1-38-29(23-16-26(20-8-4-3-5-9-20)34-25-11-7-6-10-22(23)25)36-37-32(38)43-18-27(39)35-30-28(31(40)41-2)24(17-42-30)19-12-14-21(33)15-13-19/h3-17H,18H2,1-2H3,(H,35,39). The van der Waals surface area contributed by atoms with Gasteiger partial charge in [-0.15, -0.1) is 21.5 Å². The Hall–Kier alpha value is -4.51. The average molecular weight is 626 g/mol. The molecule has 0 saturated heterocycles. The van der Waals surface area contributed by atoms with Crippen molar-refractivity contribution in [3.63, 3.8) is 0 Å². The Morgan fingerprint density at radius 2 is 1.70 bits per heavy atom. The number of carbonyl (C=O) groups excluding carboxylic acids is 2. The number of hydrogen-bond acceptors (Lipinski definition) is 8. The molecule has 1 amide bonds. The number of methoxy groups -OCH3 is 1. The molecular formula is C32H24ClN5O3S2. The molecule has 1 N–H and O–H groups in total. The van der Waals surface area contributed by atoms with E-state index in [-0.39, 0.29) is 11.7 Å². The molecule has 3 aromatic heterocycles. The van der Waals surface area contributed by atoms with Crippen molar-refractivity contribution in [2.24, 2.45) is 7.05 Å². The maximum absolute atomic E-state index is 13.0. The predicted molar refractivity (Wildman–Crippen MR) is 173 cm³/mol. The van der Waals surface area contributed by atoms with Crippen molar-refractivity contribution < 1.29 is 14.3 Å². The first-order valence-corrected chi connectivity index (χ1v) is 15.4. The van der Waals surface area contributed by atoms with Crippen LogP contribution in [0.3, 0.4) is 0 Å². The van der Waals surface area contributed by atoms with Gasteiger partial charge in [0, 0.05) is 39.5 Å². The third-order valence-electron chi connectivity index (χ3n) is 6.78. The Labute approximate surface area is 260 Å². The number of fused-ring (bicyclic) bond motifs is 1. The lowest BCUT2D eigenvalue weighted by Gasteiger charge is -2.10. The Balaban J connectivity index is 1.23. The van der Waals surface area contributed by atoms with E-state index in [0.29, 0.717) is 32.1 Å². The van der Waals surface area contributed by atoms with Crippen LogP contribution in [0, 0.1) is 0 Å². The summed E-state index contributed by atoms with van der Waals surface area (Å²) in [5, 5.41) is 16.1. The number of carbonyl (C=O) groups is 2. The molecule has 214 valence electrons. The topological polar surface area (TPSA) is 99.0 Å². The van der Waals surface area contributed by atoms with E-state index in [1.807, 2.05) is 89.8 Å². The highest BCUT2D eigenvalue weighted by Gasteiger charge is 2.23. The predicted octanol–water partition coefficient (Wildman–Crippen LogP) is 7.60. The van der Waals surface area contributed by atoms with Crippen LogP contribution in [0.1, 0.15) is 10.4 Å². The molecule has 0 aliphatic heterocycles. The van der Waals surface area contributed by atoms with E-state index in [1.54, 1.807) is 12.1 Å². The fraction of sp³-hybridized carbons (Fsp3) is 0.0938. The van der Waals surface area contributed by atoms with E-state index in [2.05, 4.69) is 15.5 Å². The van der Waals surface area contributed by atoms with Crippen molar-refractivity contribution >= 4 is 62.5 Å². The van der Waals surface area contributed by atoms with Crippen LogP contribution in [0.5, 0.6) is 0 Å². The third kappa shape index (κ3) is 5.90. The van der Waals surface area contributed by atoms with Gasteiger partial charge in [0.15, 0.2) is 11.0 Å². The second-order valence-corrected chi connectivity index (χ2v) is 11.8. The molecule has 0 aliphatic carbocycles. The van der Waals surface area contributed by atoms with Gasteiger partial charge >= 0.3 is 5.97 Å². The number of thioether (sulfide) groups is 1. The summed E-state index contributed by atoms with van der Waals surface area (Å²) in [5.41, 5.74) is 5.34. The Kier molecular flexibility index (Phi) is 8.24. The monoisotopic (exact) mass is 625 g/mol. The number of amides is 1. The van der Waals surface area contributed by atoms with Gasteiger partial charge < -0.3 is 14.6 Å². The molecule has 0 atom stereocenters. The summed E-state index contributed by atoms with van der Waals surface area (Å²) in [7, 11) is 3.19. The largest absolute Gasteiger partial charge is 0.465 e. The number of esters is 1. The number of rotatable bonds is 8. The van der Waals surface area contributed by atoms with Gasteiger partial charge in [-0.05, 0) is 29.8 Å². The minimum Gasteiger partial charge on any atom is -0.465 e. The van der Waals surface area contributed by atoms with E-state index in [0.717, 1.165) is 33.3 Å². The number of benzene rings is 3. The molecule has 0 fully saturated rings. The van der Waals surface area contributed by atoms with Crippen LogP contribution in [0.25, 0.3) is 44.7 Å². The van der Waals surface area contributed by atoms with Crippen LogP contribution < -0.4 is 5.32 Å². The zero-order valence-electron chi connectivity index (χ0n) is 23.1. The van der Waals surface area contributed by atoms with E-state index < -0.39 is 5.97 Å². The highest BCUT2D eigenvalue weighted by atomic mass is 35.5. The quantitative estimate of drug-likeness (QED) is 0.137. The van der Waals surface area contributed by atoms with Gasteiger partial charge in [0.1, 0.15) is 10.6 Å². The van der Waals surface area contributed by atoms with Gasteiger partial charge in [-0.3, -0.25) is 4.79 Å². The van der Waals surface area contributed by atoms with Crippen molar-refractivity contribution in [1.82, 2.24) is 19.7 Å². The number of pyridine rings is 1. The maximum atomic E-state index is 13.0. The van der Waals surface area contributed by atoms with Gasteiger partial charge in [0.25, 0.3) is 0 Å². The van der Waals surface area contributed by atoms with E-state index in [4.69, 9.17) is 21.3 Å². The highest BCUT2D eigenvalue weighted by molar-refractivity contribution is 7.99. The van der Waals surface area contributed by atoms with Crippen LogP contribution in [-0.4, -0.2) is 44.5 Å². The average Bonchev–Trinajstić information content (AvgIpc) is 3.62. The van der Waals surface area contributed by atoms with Crippen LogP contribution in [0.15, 0.2) is 95.5 Å². The molecule has 0 spiro atoms. The first-order valence-electron chi connectivity index (χ1n) is 13.2. The lowest BCUT2D eigenvalue weighted by Crippen LogP contribution is -2.16. The number of ether oxygens (including phenoxy) is 1. The first-order chi connectivity index (χ1) is 20.9. The van der Waals surface area contributed by atoms with Crippen LogP contribution in [-0.2, 0) is 16.6 Å². The number of thiophene rings is 1. The van der Waals surface area contributed by atoms with Gasteiger partial charge in [-0.1, -0.05) is 84.0 Å². The molecule has 0 bridgehead atoms. The molecule has 43 heavy (non-hydrogen) atoms. The molecule has 3 heterocycles. The van der Waals surface area contributed by atoms with Crippen LogP contribution >= 0.6 is 34.7 Å². The van der Waals surface area contributed by atoms with Gasteiger partial charge in [-0.25, -0.2) is 9.78 Å². The Morgan fingerprint density at radius 3 is 2.47 bits per heavy atom. The Bertz CT molecular complexity index is 1960. The van der Waals surface area contributed by atoms with Gasteiger partial charge in [-0.2, -0.15) is 0 Å². The molecule has 6 rings (SSSR count). The normalized spacial score (nSPS) is 11.0. The fourth-order valence-electron chi connectivity index (χ4n) is 4.68. The summed E-state index contributed by atoms with van der Waals surface area (Å²) in [6, 6.07) is 27.1. The minimum atomic E-state index is -0.536. The summed E-state index contributed by atoms with van der Waals surface area (Å²) in [4.78, 5) is 30.6. The molecule has 11 heteroatoms. The summed E-state index contributed by atoms with van der Waals surface area (Å²) in [6.07, 6.45) is 0. The first kappa shape index (κ1) is 28.6. The number of hydrogen-bond donors (Lipinski definition) is 1. The molecule has 8 nitrogen and oxygen atoms in total. The number of aromatic nitrogens is 4. The second-order valence-electron chi connectivity index (χ2n) is 9.49. The van der Waals surface area contributed by atoms with Crippen LogP contribution in [0.2, 0.25) is 5.02 Å². The Morgan fingerprint density at radius 1 is 0.953 bits per heavy atom. The summed E-state index contributed by atoms with van der Waals surface area (Å²) in [5.74, 6) is -0.0957. The van der Waals surface area contributed by atoms with Crippen molar-refractivity contribution in [2.45, 2.75) is 5.16 Å². The summed E-state index contributed by atoms with van der Waals surface area (Å²) in [6.45, 7) is 0. The molecular weight excluding hydrogens is 602 g/mol. The number of nitrogens with zero attached hydrogens (tertiary/aromatic N) is 4. The van der Waals surface area contributed by atoms with Crippen molar-refractivity contribution in [1.29, 1.82) is 0 Å². The van der Waals surface area contributed by atoms with Crippen molar-refractivity contribution in [2.75, 3.05) is 18.2 Å². The molecule has 6 aromatic rings. The SMILES string of the molecule is COC(=O)c1c(-c2ccc(Cl)cc2)csc1NC(=O)CSc1nnc(-c2cc(-c3ccccc3)nc3ccccc23)n1C. The number of halogens is 1. The van der Waals surface area contributed by atoms with Crippen molar-refractivity contribution in [3.8, 4) is 33.8 Å². The van der Waals surface area contributed by atoms with Gasteiger partial charge in [0.05, 0.1) is 24.1 Å². The minimum absolute atomic E-state index is 0.0626. The molecule has 0 aliphatic rings. The van der Waals surface area contributed by atoms with E-state index in [9.17, 15) is 9.59 Å². The highest BCUT2D eigenvalue weighted by Crippen LogP contribution is 2.37. The zero-order valence-corrected chi connectivity index (χ0v) is 25.5. The molecule has 3 aromatic carbocycles. The van der Waals surface area contributed by atoms with E-state index in [1.165, 1.54) is 30.2 Å². The number of nitrogens with one attached hydrogen (secondary N) is 1. The fourth-order valence-corrected chi connectivity index (χ4v) is 6.49. The molecule has 0 saturated carbocycles.